The van der Waals surface area contributed by atoms with E-state index >= 15 is 0 Å². The van der Waals surface area contributed by atoms with Gasteiger partial charge in [-0.2, -0.15) is 0 Å². The summed E-state index contributed by atoms with van der Waals surface area (Å²) in [5.41, 5.74) is 2.38. The SMILES string of the molecule is C=CCN1C(=O)/C(=c2\sc3n(c2=O)[C@@H](c2ccccc2Cl)C(C(=O)OCCOC)=C(C)N=3)c2ccccc21. The van der Waals surface area contributed by atoms with Crippen LogP contribution in [-0.2, 0) is 19.1 Å². The number of hydrogen-bond donors (Lipinski definition) is 0. The van der Waals surface area contributed by atoms with Crippen molar-refractivity contribution >= 4 is 46.1 Å². The molecule has 1 atom stereocenters. The van der Waals surface area contributed by atoms with Gasteiger partial charge in [-0.1, -0.05) is 65.4 Å². The molecular formula is C28H24ClN3O5S. The van der Waals surface area contributed by atoms with Gasteiger partial charge in [0, 0.05) is 24.2 Å². The molecule has 0 spiro atoms. The van der Waals surface area contributed by atoms with Crippen molar-refractivity contribution in [2.75, 3.05) is 31.8 Å². The largest absolute Gasteiger partial charge is 0.460 e. The Hall–Kier alpha value is -3.79. The van der Waals surface area contributed by atoms with Gasteiger partial charge in [-0.3, -0.25) is 14.2 Å². The van der Waals surface area contributed by atoms with Gasteiger partial charge in [0.25, 0.3) is 11.5 Å². The average molecular weight is 550 g/mol. The minimum Gasteiger partial charge on any atom is -0.460 e. The Kier molecular flexibility index (Phi) is 7.16. The molecular weight excluding hydrogens is 526 g/mol. The van der Waals surface area contributed by atoms with Crippen molar-refractivity contribution in [1.82, 2.24) is 4.57 Å². The third-order valence-electron chi connectivity index (χ3n) is 6.40. The molecule has 0 saturated heterocycles. The fourth-order valence-corrected chi connectivity index (χ4v) is 6.11. The minimum atomic E-state index is -0.889. The number of para-hydroxylation sites is 1. The summed E-state index contributed by atoms with van der Waals surface area (Å²) in [4.78, 5) is 47.5. The van der Waals surface area contributed by atoms with E-state index in [4.69, 9.17) is 21.1 Å². The molecule has 38 heavy (non-hydrogen) atoms. The lowest BCUT2D eigenvalue weighted by Gasteiger charge is -2.25. The van der Waals surface area contributed by atoms with Crippen molar-refractivity contribution in [3.05, 3.63) is 108 Å². The molecule has 10 heteroatoms. The first-order valence-electron chi connectivity index (χ1n) is 11.9. The third-order valence-corrected chi connectivity index (χ3v) is 7.80. The molecule has 3 heterocycles. The highest BCUT2D eigenvalue weighted by atomic mass is 35.5. The normalized spacial score (nSPS) is 17.7. The van der Waals surface area contributed by atoms with Gasteiger partial charge < -0.3 is 14.4 Å². The van der Waals surface area contributed by atoms with Crippen molar-refractivity contribution in [1.29, 1.82) is 0 Å². The van der Waals surface area contributed by atoms with Crippen molar-refractivity contribution in [3.8, 4) is 0 Å². The fourth-order valence-electron chi connectivity index (χ4n) is 4.73. The van der Waals surface area contributed by atoms with Crippen LogP contribution in [0, 0.1) is 0 Å². The number of thiazole rings is 1. The summed E-state index contributed by atoms with van der Waals surface area (Å²) in [5, 5.41) is 0.382. The number of nitrogens with zero attached hydrogens (tertiary/aromatic N) is 3. The Labute approximate surface area is 227 Å². The number of halogens is 1. The van der Waals surface area contributed by atoms with Crippen LogP contribution in [-0.4, -0.2) is 43.3 Å². The molecule has 2 aliphatic rings. The van der Waals surface area contributed by atoms with E-state index in [1.54, 1.807) is 42.2 Å². The molecule has 0 bridgehead atoms. The monoisotopic (exact) mass is 549 g/mol. The van der Waals surface area contributed by atoms with E-state index in [1.807, 2.05) is 24.3 Å². The van der Waals surface area contributed by atoms with Crippen LogP contribution in [0.1, 0.15) is 24.1 Å². The van der Waals surface area contributed by atoms with Gasteiger partial charge in [-0.05, 0) is 24.6 Å². The Morgan fingerprint density at radius 2 is 1.89 bits per heavy atom. The van der Waals surface area contributed by atoms with Crippen molar-refractivity contribution in [2.45, 2.75) is 13.0 Å². The number of ether oxygens (including phenoxy) is 2. The molecule has 0 aliphatic carbocycles. The van der Waals surface area contributed by atoms with Crippen LogP contribution in [0.15, 0.2) is 82.2 Å². The van der Waals surface area contributed by atoms with Gasteiger partial charge in [-0.25, -0.2) is 9.79 Å². The second-order valence-corrected chi connectivity index (χ2v) is 10.0. The molecule has 8 nitrogen and oxygen atoms in total. The number of fused-ring (bicyclic) bond motifs is 2. The third kappa shape index (κ3) is 4.22. The highest BCUT2D eigenvalue weighted by Crippen LogP contribution is 2.36. The molecule has 0 unspecified atom stereocenters. The van der Waals surface area contributed by atoms with E-state index in [-0.39, 0.29) is 29.2 Å². The molecule has 1 aromatic heterocycles. The number of aromatic nitrogens is 1. The number of hydrogen-bond acceptors (Lipinski definition) is 7. The van der Waals surface area contributed by atoms with Gasteiger partial charge in [0.05, 0.1) is 29.1 Å². The van der Waals surface area contributed by atoms with E-state index in [0.29, 0.717) is 44.5 Å². The van der Waals surface area contributed by atoms with E-state index in [0.717, 1.165) is 11.3 Å². The summed E-state index contributed by atoms with van der Waals surface area (Å²) in [7, 11) is 1.51. The lowest BCUT2D eigenvalue weighted by Crippen LogP contribution is -2.41. The first-order chi connectivity index (χ1) is 18.4. The van der Waals surface area contributed by atoms with Crippen LogP contribution in [0.2, 0.25) is 5.02 Å². The zero-order valence-electron chi connectivity index (χ0n) is 20.8. The maximum atomic E-state index is 14.1. The Morgan fingerprint density at radius 3 is 2.63 bits per heavy atom. The van der Waals surface area contributed by atoms with Crippen molar-refractivity contribution < 1.29 is 19.1 Å². The molecule has 0 radical (unpaired) electrons. The number of amides is 1. The maximum Gasteiger partial charge on any atom is 0.338 e. The average Bonchev–Trinajstić information content (AvgIpc) is 3.36. The number of methoxy groups -OCH3 is 1. The number of rotatable bonds is 7. The van der Waals surface area contributed by atoms with E-state index in [9.17, 15) is 14.4 Å². The number of esters is 1. The quantitative estimate of drug-likeness (QED) is 0.257. The predicted molar refractivity (Wildman–Crippen MR) is 146 cm³/mol. The molecule has 0 N–H and O–H groups in total. The van der Waals surface area contributed by atoms with Crippen LogP contribution in [0.5, 0.6) is 0 Å². The van der Waals surface area contributed by atoms with Gasteiger partial charge in [0.2, 0.25) is 0 Å². The number of benzene rings is 2. The molecule has 5 rings (SSSR count). The number of allylic oxidation sites excluding steroid dienone is 1. The molecule has 2 aliphatic heterocycles. The number of anilines is 1. The molecule has 3 aromatic rings. The smallest absolute Gasteiger partial charge is 0.338 e. The molecule has 0 saturated carbocycles. The fraction of sp³-hybridized carbons (Fsp3) is 0.214. The molecule has 0 fully saturated rings. The van der Waals surface area contributed by atoms with Crippen LogP contribution >= 0.6 is 22.9 Å². The van der Waals surface area contributed by atoms with Crippen LogP contribution in [0.25, 0.3) is 5.57 Å². The van der Waals surface area contributed by atoms with Crippen LogP contribution in [0.3, 0.4) is 0 Å². The second-order valence-electron chi connectivity index (χ2n) is 8.65. The Bertz CT molecular complexity index is 1690. The summed E-state index contributed by atoms with van der Waals surface area (Å²) in [6.07, 6.45) is 1.64. The van der Waals surface area contributed by atoms with Gasteiger partial charge >= 0.3 is 5.97 Å². The lowest BCUT2D eigenvalue weighted by atomic mass is 9.96. The highest BCUT2D eigenvalue weighted by molar-refractivity contribution is 7.07. The lowest BCUT2D eigenvalue weighted by molar-refractivity contribution is -0.140. The topological polar surface area (TPSA) is 90.2 Å². The Balaban J connectivity index is 1.77. The minimum absolute atomic E-state index is 0.0420. The molecule has 2 aromatic carbocycles. The summed E-state index contributed by atoms with van der Waals surface area (Å²) < 4.78 is 12.1. The van der Waals surface area contributed by atoms with E-state index < -0.39 is 17.6 Å². The van der Waals surface area contributed by atoms with Crippen molar-refractivity contribution in [3.63, 3.8) is 0 Å². The zero-order valence-corrected chi connectivity index (χ0v) is 22.3. The second kappa shape index (κ2) is 10.5. The van der Waals surface area contributed by atoms with E-state index in [1.165, 1.54) is 11.7 Å². The highest BCUT2D eigenvalue weighted by Gasteiger charge is 2.37. The number of carbonyl (C=O) groups is 2. The van der Waals surface area contributed by atoms with E-state index in [2.05, 4.69) is 11.6 Å². The summed E-state index contributed by atoms with van der Waals surface area (Å²) in [6, 6.07) is 13.4. The first kappa shape index (κ1) is 25.8. The standard InChI is InChI=1S/C28H24ClN3O5S/c1-4-13-31-20-12-8-6-10-18(20)22(25(31)33)24-26(34)32-23(17-9-5-7-11-19(17)29)21(16(2)30-28(32)38-24)27(35)37-15-14-36-3/h4-12,23H,1,13-15H2,2-3H3/b24-22-/t23-/m0/s1. The predicted octanol–water partition coefficient (Wildman–Crippen LogP) is 2.98. The summed E-state index contributed by atoms with van der Waals surface area (Å²) in [5.74, 6) is -0.911. The van der Waals surface area contributed by atoms with Gasteiger partial charge in [0.1, 0.15) is 17.2 Å². The maximum absolute atomic E-state index is 14.1. The van der Waals surface area contributed by atoms with Gasteiger partial charge in [0.15, 0.2) is 4.80 Å². The summed E-state index contributed by atoms with van der Waals surface area (Å²) in [6.45, 7) is 6.02. The zero-order chi connectivity index (χ0) is 27.0. The Morgan fingerprint density at radius 1 is 1.16 bits per heavy atom. The summed E-state index contributed by atoms with van der Waals surface area (Å²) >= 11 is 7.70. The van der Waals surface area contributed by atoms with Crippen LogP contribution < -0.4 is 19.8 Å². The van der Waals surface area contributed by atoms with Crippen LogP contribution in [0.4, 0.5) is 5.69 Å². The van der Waals surface area contributed by atoms with Gasteiger partial charge in [-0.15, -0.1) is 6.58 Å². The first-order valence-corrected chi connectivity index (χ1v) is 13.1. The van der Waals surface area contributed by atoms with Crippen molar-refractivity contribution in [2.24, 2.45) is 4.99 Å². The molecule has 1 amide bonds. The number of carbonyl (C=O) groups excluding carboxylic acids is 2. The molecule has 194 valence electrons.